The van der Waals surface area contributed by atoms with Gasteiger partial charge in [-0.2, -0.15) is 0 Å². The highest BCUT2D eigenvalue weighted by atomic mass is 16.4. The van der Waals surface area contributed by atoms with Crippen LogP contribution in [0, 0.1) is 17.8 Å². The van der Waals surface area contributed by atoms with Crippen molar-refractivity contribution in [1.82, 2.24) is 10.6 Å². The number of carboxylic acid groups (broad SMARTS) is 1. The van der Waals surface area contributed by atoms with E-state index < -0.39 is 5.97 Å². The van der Waals surface area contributed by atoms with Crippen molar-refractivity contribution in [3.05, 3.63) is 0 Å². The smallest absolute Gasteiger partial charge is 0.315 e. The summed E-state index contributed by atoms with van der Waals surface area (Å²) in [6.07, 6.45) is 6.68. The molecule has 120 valence electrons. The summed E-state index contributed by atoms with van der Waals surface area (Å²) >= 11 is 0. The molecule has 0 aromatic rings. The molecule has 2 amide bonds. The Labute approximate surface area is 126 Å². The number of nitrogens with one attached hydrogen (secondary N) is 2. The molecule has 0 aromatic carbocycles. The van der Waals surface area contributed by atoms with E-state index in [-0.39, 0.29) is 24.5 Å². The van der Waals surface area contributed by atoms with Crippen LogP contribution >= 0.6 is 0 Å². The number of aliphatic carboxylic acids is 1. The molecule has 3 N–H and O–H groups in total. The molecule has 0 saturated heterocycles. The summed E-state index contributed by atoms with van der Waals surface area (Å²) in [6.45, 7) is 4.42. The lowest BCUT2D eigenvalue weighted by atomic mass is 9.78. The summed E-state index contributed by atoms with van der Waals surface area (Å²) in [5.41, 5.74) is 0. The topological polar surface area (TPSA) is 78.4 Å². The van der Waals surface area contributed by atoms with Gasteiger partial charge in [0.25, 0.3) is 0 Å². The zero-order chi connectivity index (χ0) is 15.4. The minimum atomic E-state index is -0.843. The van der Waals surface area contributed by atoms with Crippen molar-refractivity contribution in [2.24, 2.45) is 17.8 Å². The normalized spacial score (nSPS) is 27.2. The van der Waals surface area contributed by atoms with Crippen LogP contribution in [-0.2, 0) is 4.79 Å². The van der Waals surface area contributed by atoms with E-state index in [0.717, 1.165) is 25.7 Å². The molecule has 0 aliphatic heterocycles. The summed E-state index contributed by atoms with van der Waals surface area (Å²) in [5, 5.41) is 14.9. The summed E-state index contributed by atoms with van der Waals surface area (Å²) < 4.78 is 0. The first-order valence-corrected chi connectivity index (χ1v) is 8.26. The standard InChI is InChI=1S/C16H28N2O3/c1-10(2)12-5-3-4-6-13(12)17-16(21)18-14(9-15(19)20)11-7-8-11/h10-14H,3-9H2,1-2H3,(H,19,20)(H2,17,18,21). The number of amides is 2. The highest BCUT2D eigenvalue weighted by molar-refractivity contribution is 5.76. The van der Waals surface area contributed by atoms with E-state index in [4.69, 9.17) is 5.11 Å². The maximum Gasteiger partial charge on any atom is 0.315 e. The first-order valence-electron chi connectivity index (χ1n) is 8.26. The fraction of sp³-hybridized carbons (Fsp3) is 0.875. The van der Waals surface area contributed by atoms with E-state index >= 15 is 0 Å². The van der Waals surface area contributed by atoms with Gasteiger partial charge in [-0.1, -0.05) is 26.7 Å². The lowest BCUT2D eigenvalue weighted by Gasteiger charge is -2.35. The Kier molecular flexibility index (Phi) is 5.48. The molecule has 0 bridgehead atoms. The second-order valence-corrected chi connectivity index (χ2v) is 6.96. The van der Waals surface area contributed by atoms with Gasteiger partial charge >= 0.3 is 12.0 Å². The van der Waals surface area contributed by atoms with Crippen molar-refractivity contribution in [1.29, 1.82) is 0 Å². The van der Waals surface area contributed by atoms with Crippen LogP contribution in [0.5, 0.6) is 0 Å². The quantitative estimate of drug-likeness (QED) is 0.705. The Hall–Kier alpha value is -1.26. The molecule has 0 aromatic heterocycles. The number of carbonyl (C=O) groups excluding carboxylic acids is 1. The summed E-state index contributed by atoms with van der Waals surface area (Å²) in [7, 11) is 0. The molecule has 0 heterocycles. The molecular formula is C16H28N2O3. The highest BCUT2D eigenvalue weighted by Crippen LogP contribution is 2.34. The van der Waals surface area contributed by atoms with Gasteiger partial charge in [0.15, 0.2) is 0 Å². The Bertz CT molecular complexity index is 380. The fourth-order valence-electron chi connectivity index (χ4n) is 3.54. The minimum absolute atomic E-state index is 0.0242. The molecule has 3 unspecified atom stereocenters. The summed E-state index contributed by atoms with van der Waals surface area (Å²) in [6, 6.07) is -0.183. The number of rotatable bonds is 6. The average Bonchev–Trinajstić information content (AvgIpc) is 3.21. The molecule has 5 nitrogen and oxygen atoms in total. The minimum Gasteiger partial charge on any atom is -0.481 e. The number of hydrogen-bond donors (Lipinski definition) is 3. The van der Waals surface area contributed by atoms with Gasteiger partial charge in [-0.05, 0) is 43.4 Å². The Morgan fingerprint density at radius 3 is 2.38 bits per heavy atom. The molecule has 21 heavy (non-hydrogen) atoms. The van der Waals surface area contributed by atoms with Gasteiger partial charge in [0.2, 0.25) is 0 Å². The van der Waals surface area contributed by atoms with Gasteiger partial charge < -0.3 is 15.7 Å². The third kappa shape index (κ3) is 4.90. The molecule has 2 aliphatic rings. The fourth-order valence-corrected chi connectivity index (χ4v) is 3.54. The van der Waals surface area contributed by atoms with Gasteiger partial charge in [-0.25, -0.2) is 4.79 Å². The van der Waals surface area contributed by atoms with Gasteiger partial charge in [0, 0.05) is 12.1 Å². The second-order valence-electron chi connectivity index (χ2n) is 6.96. The van der Waals surface area contributed by atoms with Crippen LogP contribution in [0.1, 0.15) is 58.8 Å². The van der Waals surface area contributed by atoms with Crippen molar-refractivity contribution < 1.29 is 14.7 Å². The average molecular weight is 296 g/mol. The van der Waals surface area contributed by atoms with Gasteiger partial charge in [0.05, 0.1) is 6.42 Å². The van der Waals surface area contributed by atoms with Gasteiger partial charge in [0.1, 0.15) is 0 Å². The maximum atomic E-state index is 12.2. The third-order valence-corrected chi connectivity index (χ3v) is 4.89. The molecule has 3 atom stereocenters. The zero-order valence-electron chi connectivity index (χ0n) is 13.1. The molecular weight excluding hydrogens is 268 g/mol. The SMILES string of the molecule is CC(C)C1CCCCC1NC(=O)NC(CC(=O)O)C1CC1. The largest absolute Gasteiger partial charge is 0.481 e. The predicted octanol–water partition coefficient (Wildman–Crippen LogP) is 2.75. The molecule has 0 radical (unpaired) electrons. The van der Waals surface area contributed by atoms with Crippen LogP contribution in [0.3, 0.4) is 0 Å². The number of hydrogen-bond acceptors (Lipinski definition) is 2. The second kappa shape index (κ2) is 7.14. The number of carboxylic acids is 1. The van der Waals surface area contributed by atoms with Crippen molar-refractivity contribution in [3.8, 4) is 0 Å². The monoisotopic (exact) mass is 296 g/mol. The van der Waals surface area contributed by atoms with Crippen LogP contribution in [0.2, 0.25) is 0 Å². The molecule has 2 rings (SSSR count). The third-order valence-electron chi connectivity index (χ3n) is 4.89. The Balaban J connectivity index is 1.85. The molecule has 2 fully saturated rings. The maximum absolute atomic E-state index is 12.2. The van der Waals surface area contributed by atoms with E-state index in [9.17, 15) is 9.59 Å². The summed E-state index contributed by atoms with van der Waals surface area (Å²) in [5.74, 6) is 0.598. The van der Waals surface area contributed by atoms with E-state index in [1.807, 2.05) is 0 Å². The molecule has 2 aliphatic carbocycles. The first-order chi connectivity index (χ1) is 9.97. The Morgan fingerprint density at radius 2 is 1.81 bits per heavy atom. The lowest BCUT2D eigenvalue weighted by Crippen LogP contribution is -2.51. The predicted molar refractivity (Wildman–Crippen MR) is 81.0 cm³/mol. The van der Waals surface area contributed by atoms with Crippen LogP contribution in [0.25, 0.3) is 0 Å². The molecule has 2 saturated carbocycles. The zero-order valence-corrected chi connectivity index (χ0v) is 13.1. The number of urea groups is 1. The van der Waals surface area contributed by atoms with E-state index in [1.54, 1.807) is 0 Å². The van der Waals surface area contributed by atoms with E-state index in [2.05, 4.69) is 24.5 Å². The molecule has 5 heteroatoms. The van der Waals surface area contributed by atoms with Crippen molar-refractivity contribution in [3.63, 3.8) is 0 Å². The van der Waals surface area contributed by atoms with Crippen LogP contribution in [0.4, 0.5) is 4.79 Å². The van der Waals surface area contributed by atoms with Gasteiger partial charge in [-0.3, -0.25) is 4.79 Å². The lowest BCUT2D eigenvalue weighted by molar-refractivity contribution is -0.137. The molecule has 0 spiro atoms. The van der Waals surface area contributed by atoms with E-state index in [1.165, 1.54) is 12.8 Å². The first kappa shape index (κ1) is 16.1. The van der Waals surface area contributed by atoms with Crippen LogP contribution in [0.15, 0.2) is 0 Å². The van der Waals surface area contributed by atoms with Crippen molar-refractivity contribution in [2.45, 2.75) is 70.9 Å². The highest BCUT2D eigenvalue weighted by Gasteiger charge is 2.35. The van der Waals surface area contributed by atoms with Crippen molar-refractivity contribution >= 4 is 12.0 Å². The Morgan fingerprint density at radius 1 is 1.14 bits per heavy atom. The van der Waals surface area contributed by atoms with Gasteiger partial charge in [-0.15, -0.1) is 0 Å². The number of carbonyl (C=O) groups is 2. The van der Waals surface area contributed by atoms with Crippen LogP contribution < -0.4 is 10.6 Å². The van der Waals surface area contributed by atoms with Crippen molar-refractivity contribution in [2.75, 3.05) is 0 Å². The van der Waals surface area contributed by atoms with Crippen LogP contribution in [-0.4, -0.2) is 29.2 Å². The van der Waals surface area contributed by atoms with E-state index in [0.29, 0.717) is 17.8 Å². The summed E-state index contributed by atoms with van der Waals surface area (Å²) in [4.78, 5) is 23.1.